The lowest BCUT2D eigenvalue weighted by atomic mass is 10.1. The summed E-state index contributed by atoms with van der Waals surface area (Å²) < 4.78 is 5.45. The zero-order valence-electron chi connectivity index (χ0n) is 11.6. The predicted octanol–water partition coefficient (Wildman–Crippen LogP) is 1.40. The van der Waals surface area contributed by atoms with Crippen molar-refractivity contribution in [2.45, 2.75) is 51.7 Å². The number of piperidine rings is 1. The number of nitrogens with zero attached hydrogens (tertiary/aromatic N) is 1. The molecule has 1 aliphatic rings. The number of nitrogens with one attached hydrogen (secondary N) is 1. The summed E-state index contributed by atoms with van der Waals surface area (Å²) in [6.07, 6.45) is 2.53. The van der Waals surface area contributed by atoms with E-state index in [1.807, 2.05) is 0 Å². The normalized spacial score (nSPS) is 19.3. The molecule has 0 unspecified atom stereocenters. The van der Waals surface area contributed by atoms with Gasteiger partial charge in [-0.25, -0.2) is 0 Å². The van der Waals surface area contributed by atoms with Crippen LogP contribution in [0.2, 0.25) is 0 Å². The van der Waals surface area contributed by atoms with E-state index in [1.165, 1.54) is 0 Å². The molecule has 0 aromatic carbocycles. The second-order valence-electron chi connectivity index (χ2n) is 5.92. The van der Waals surface area contributed by atoms with Crippen LogP contribution in [0.15, 0.2) is 0 Å². The second-order valence-corrected chi connectivity index (χ2v) is 5.92. The molecule has 17 heavy (non-hydrogen) atoms. The smallest absolute Gasteiger partial charge is 0.307 e. The number of ether oxygens (including phenoxy) is 1. The van der Waals surface area contributed by atoms with E-state index >= 15 is 0 Å². The number of likely N-dealkylation sites (tertiary alicyclic amines) is 1. The van der Waals surface area contributed by atoms with Gasteiger partial charge in [0, 0.05) is 25.2 Å². The molecule has 100 valence electrons. The maximum Gasteiger partial charge on any atom is 0.307 e. The number of carbonyl (C=O) groups excluding carboxylic acids is 1. The lowest BCUT2D eigenvalue weighted by Gasteiger charge is -2.28. The minimum Gasteiger partial charge on any atom is -0.462 e. The first kappa shape index (κ1) is 14.5. The molecule has 0 aliphatic carbocycles. The fraction of sp³-hybridized carbons (Fsp3) is 0.923. The average Bonchev–Trinajstić information content (AvgIpc) is 2.19. The summed E-state index contributed by atoms with van der Waals surface area (Å²) in [5.41, 5.74) is 0.0633. The van der Waals surface area contributed by atoms with Gasteiger partial charge in [-0.1, -0.05) is 0 Å². The predicted molar refractivity (Wildman–Crippen MR) is 69.0 cm³/mol. The van der Waals surface area contributed by atoms with Crippen molar-refractivity contribution in [1.29, 1.82) is 0 Å². The van der Waals surface area contributed by atoms with Crippen LogP contribution in [0.25, 0.3) is 0 Å². The topological polar surface area (TPSA) is 41.6 Å². The molecule has 4 nitrogen and oxygen atoms in total. The van der Waals surface area contributed by atoms with Crippen molar-refractivity contribution in [3.05, 3.63) is 0 Å². The van der Waals surface area contributed by atoms with Gasteiger partial charge in [-0.15, -0.1) is 0 Å². The quantitative estimate of drug-likeness (QED) is 0.757. The van der Waals surface area contributed by atoms with Crippen LogP contribution in [0.5, 0.6) is 0 Å². The molecule has 1 saturated heterocycles. The minimum atomic E-state index is -0.0729. The Labute approximate surface area is 105 Å². The molecular weight excluding hydrogens is 216 g/mol. The van der Waals surface area contributed by atoms with E-state index in [0.29, 0.717) is 13.0 Å². The van der Waals surface area contributed by atoms with Crippen LogP contribution in [0.3, 0.4) is 0 Å². The Balaban J connectivity index is 2.13. The molecule has 0 radical (unpaired) electrons. The van der Waals surface area contributed by atoms with Gasteiger partial charge in [0.15, 0.2) is 0 Å². The van der Waals surface area contributed by atoms with Crippen LogP contribution >= 0.6 is 0 Å². The van der Waals surface area contributed by atoms with Gasteiger partial charge in [0.2, 0.25) is 0 Å². The molecule has 0 aromatic rings. The Bertz CT molecular complexity index is 240. The summed E-state index contributed by atoms with van der Waals surface area (Å²) in [5.74, 6) is -0.0729. The summed E-state index contributed by atoms with van der Waals surface area (Å²) in [6.45, 7) is 9.02. The molecule has 1 heterocycles. The Morgan fingerprint density at radius 3 is 2.47 bits per heavy atom. The van der Waals surface area contributed by atoms with E-state index < -0.39 is 0 Å². The third kappa shape index (κ3) is 6.64. The van der Waals surface area contributed by atoms with E-state index in [0.717, 1.165) is 25.9 Å². The van der Waals surface area contributed by atoms with Crippen molar-refractivity contribution in [2.75, 3.05) is 26.7 Å². The summed E-state index contributed by atoms with van der Waals surface area (Å²) in [4.78, 5) is 13.9. The zero-order chi connectivity index (χ0) is 12.9. The van der Waals surface area contributed by atoms with E-state index in [2.05, 4.69) is 38.0 Å². The van der Waals surface area contributed by atoms with Crippen molar-refractivity contribution in [1.82, 2.24) is 10.2 Å². The lowest BCUT2D eigenvalue weighted by Crippen LogP contribution is -2.38. The number of rotatable bonds is 4. The fourth-order valence-electron chi connectivity index (χ4n) is 1.89. The minimum absolute atomic E-state index is 0.0633. The van der Waals surface area contributed by atoms with Crippen molar-refractivity contribution in [2.24, 2.45) is 0 Å². The molecule has 0 spiro atoms. The Morgan fingerprint density at radius 1 is 1.35 bits per heavy atom. The maximum atomic E-state index is 11.6. The summed E-state index contributed by atoms with van der Waals surface area (Å²) in [7, 11) is 2.10. The molecule has 1 aliphatic heterocycles. The van der Waals surface area contributed by atoms with Crippen LogP contribution in [0.4, 0.5) is 0 Å². The molecule has 0 atom stereocenters. The van der Waals surface area contributed by atoms with Crippen LogP contribution in [0.1, 0.15) is 40.0 Å². The van der Waals surface area contributed by atoms with Crippen LogP contribution in [-0.2, 0) is 9.53 Å². The van der Waals surface area contributed by atoms with Gasteiger partial charge < -0.3 is 15.0 Å². The molecule has 0 saturated carbocycles. The standard InChI is InChI=1S/C13H26N2O2/c1-13(2,3)14-8-5-12(16)17-11-6-9-15(4)10-7-11/h11,14H,5-10H2,1-4H3. The van der Waals surface area contributed by atoms with Crippen LogP contribution in [-0.4, -0.2) is 49.2 Å². The fourth-order valence-corrected chi connectivity index (χ4v) is 1.89. The Kier molecular flexibility index (Phi) is 5.40. The number of esters is 1. The SMILES string of the molecule is CN1CCC(OC(=O)CCNC(C)(C)C)CC1. The monoisotopic (exact) mass is 242 g/mol. The second kappa shape index (κ2) is 6.36. The van der Waals surface area contributed by atoms with Crippen LogP contribution in [0, 0.1) is 0 Å². The van der Waals surface area contributed by atoms with E-state index in [-0.39, 0.29) is 17.6 Å². The van der Waals surface area contributed by atoms with Crippen LogP contribution < -0.4 is 5.32 Å². The third-order valence-electron chi connectivity index (χ3n) is 2.95. The van der Waals surface area contributed by atoms with E-state index in [4.69, 9.17) is 4.74 Å². The van der Waals surface area contributed by atoms with Crippen molar-refractivity contribution in [3.8, 4) is 0 Å². The van der Waals surface area contributed by atoms with Gasteiger partial charge in [0.05, 0.1) is 6.42 Å². The lowest BCUT2D eigenvalue weighted by molar-refractivity contribution is -0.151. The molecule has 1 fully saturated rings. The highest BCUT2D eigenvalue weighted by Gasteiger charge is 2.20. The summed E-state index contributed by atoms with van der Waals surface area (Å²) in [6, 6.07) is 0. The highest BCUT2D eigenvalue weighted by molar-refractivity contribution is 5.69. The first-order valence-electron chi connectivity index (χ1n) is 6.50. The molecule has 0 bridgehead atoms. The first-order valence-corrected chi connectivity index (χ1v) is 6.50. The van der Waals surface area contributed by atoms with Gasteiger partial charge in [-0.3, -0.25) is 4.79 Å². The highest BCUT2D eigenvalue weighted by Crippen LogP contribution is 2.12. The van der Waals surface area contributed by atoms with Crippen molar-refractivity contribution in [3.63, 3.8) is 0 Å². The largest absolute Gasteiger partial charge is 0.462 e. The molecule has 0 amide bonds. The summed E-state index contributed by atoms with van der Waals surface area (Å²) >= 11 is 0. The van der Waals surface area contributed by atoms with Gasteiger partial charge in [0.1, 0.15) is 6.10 Å². The van der Waals surface area contributed by atoms with E-state index in [1.54, 1.807) is 0 Å². The highest BCUT2D eigenvalue weighted by atomic mass is 16.5. The van der Waals surface area contributed by atoms with Gasteiger partial charge in [-0.2, -0.15) is 0 Å². The maximum absolute atomic E-state index is 11.6. The molecule has 1 N–H and O–H groups in total. The summed E-state index contributed by atoms with van der Waals surface area (Å²) in [5, 5.41) is 3.29. The Hall–Kier alpha value is -0.610. The molecule has 1 rings (SSSR count). The number of hydrogen-bond acceptors (Lipinski definition) is 4. The van der Waals surface area contributed by atoms with Gasteiger partial charge in [0.25, 0.3) is 0 Å². The average molecular weight is 242 g/mol. The van der Waals surface area contributed by atoms with Gasteiger partial charge in [-0.05, 0) is 40.7 Å². The number of hydrogen-bond donors (Lipinski definition) is 1. The molecule has 0 aromatic heterocycles. The first-order chi connectivity index (χ1) is 7.87. The molecule has 4 heteroatoms. The van der Waals surface area contributed by atoms with E-state index in [9.17, 15) is 4.79 Å². The Morgan fingerprint density at radius 2 is 1.94 bits per heavy atom. The number of carbonyl (C=O) groups is 1. The van der Waals surface area contributed by atoms with Crippen molar-refractivity contribution >= 4 is 5.97 Å². The third-order valence-corrected chi connectivity index (χ3v) is 2.95. The van der Waals surface area contributed by atoms with Gasteiger partial charge >= 0.3 is 5.97 Å². The zero-order valence-corrected chi connectivity index (χ0v) is 11.6. The molecular formula is C13H26N2O2. The van der Waals surface area contributed by atoms with Crippen molar-refractivity contribution < 1.29 is 9.53 Å².